The molecule has 7 heteroatoms. The van der Waals surface area contributed by atoms with E-state index in [-0.39, 0.29) is 17.2 Å². The smallest absolute Gasteiger partial charge is 0.307 e. The second-order valence-electron chi connectivity index (χ2n) is 7.46. The van der Waals surface area contributed by atoms with E-state index in [2.05, 4.69) is 4.98 Å². The number of oxazole rings is 1. The molecule has 1 aliphatic carbocycles. The van der Waals surface area contributed by atoms with Crippen LogP contribution >= 0.6 is 11.6 Å². The summed E-state index contributed by atoms with van der Waals surface area (Å²) in [5.74, 6) is 0.351. The van der Waals surface area contributed by atoms with Gasteiger partial charge in [0.15, 0.2) is 11.7 Å². The third-order valence-electron chi connectivity index (χ3n) is 5.83. The molecule has 1 unspecified atom stereocenters. The molecule has 1 aromatic carbocycles. The number of piperidine rings is 1. The number of carbonyl (C=O) groups is 2. The van der Waals surface area contributed by atoms with Gasteiger partial charge in [0.05, 0.1) is 12.1 Å². The highest BCUT2D eigenvalue weighted by molar-refractivity contribution is 6.30. The summed E-state index contributed by atoms with van der Waals surface area (Å²) in [7, 11) is 0. The molecule has 142 valence electrons. The summed E-state index contributed by atoms with van der Waals surface area (Å²) in [4.78, 5) is 29.7. The first kappa shape index (κ1) is 18.0. The van der Waals surface area contributed by atoms with Gasteiger partial charge >= 0.3 is 5.97 Å². The van der Waals surface area contributed by atoms with Crippen LogP contribution in [0.1, 0.15) is 31.6 Å². The second-order valence-corrected chi connectivity index (χ2v) is 7.90. The Morgan fingerprint density at radius 2 is 1.96 bits per heavy atom. The zero-order valence-corrected chi connectivity index (χ0v) is 15.6. The highest BCUT2D eigenvalue weighted by Crippen LogP contribution is 2.59. The predicted molar refractivity (Wildman–Crippen MR) is 99.3 cm³/mol. The van der Waals surface area contributed by atoms with Gasteiger partial charge in [-0.15, -0.1) is 0 Å². The molecule has 2 aliphatic rings. The monoisotopic (exact) mass is 388 g/mol. The quantitative estimate of drug-likeness (QED) is 0.845. The molecule has 1 N–H and O–H groups in total. The van der Waals surface area contributed by atoms with Crippen LogP contribution in [-0.2, 0) is 16.0 Å². The number of aromatic nitrogens is 1. The molecule has 1 aromatic heterocycles. The lowest BCUT2D eigenvalue weighted by Gasteiger charge is -2.32. The Labute approximate surface area is 162 Å². The first-order chi connectivity index (χ1) is 13.0. The number of likely N-dealkylation sites (tertiary alicyclic amines) is 1. The average Bonchev–Trinajstić information content (AvgIpc) is 3.16. The Morgan fingerprint density at radius 1 is 1.26 bits per heavy atom. The van der Waals surface area contributed by atoms with Crippen LogP contribution in [0.4, 0.5) is 0 Å². The van der Waals surface area contributed by atoms with Crippen molar-refractivity contribution in [3.05, 3.63) is 41.4 Å². The van der Waals surface area contributed by atoms with E-state index in [0.29, 0.717) is 42.6 Å². The van der Waals surface area contributed by atoms with E-state index in [0.717, 1.165) is 24.8 Å². The minimum absolute atomic E-state index is 0.0569. The van der Waals surface area contributed by atoms with E-state index in [1.165, 1.54) is 0 Å². The number of amides is 1. The van der Waals surface area contributed by atoms with Crippen LogP contribution in [0, 0.1) is 11.3 Å². The number of hydrogen-bond acceptors (Lipinski definition) is 4. The molecule has 1 saturated carbocycles. The van der Waals surface area contributed by atoms with Gasteiger partial charge in [-0.1, -0.05) is 11.6 Å². The Kier molecular flexibility index (Phi) is 4.68. The van der Waals surface area contributed by atoms with Crippen molar-refractivity contribution in [1.29, 1.82) is 0 Å². The van der Waals surface area contributed by atoms with Crippen molar-refractivity contribution in [2.45, 2.75) is 32.1 Å². The zero-order chi connectivity index (χ0) is 19.0. The Balaban J connectivity index is 1.28. The van der Waals surface area contributed by atoms with Gasteiger partial charge in [0.25, 0.3) is 0 Å². The lowest BCUT2D eigenvalue weighted by atomic mass is 9.90. The van der Waals surface area contributed by atoms with Crippen molar-refractivity contribution < 1.29 is 19.1 Å². The highest BCUT2D eigenvalue weighted by Gasteiger charge is 2.59. The molecular weight excluding hydrogens is 368 g/mol. The summed E-state index contributed by atoms with van der Waals surface area (Å²) in [6.45, 7) is 1.29. The molecule has 1 aliphatic heterocycles. The molecule has 6 nitrogen and oxygen atoms in total. The summed E-state index contributed by atoms with van der Waals surface area (Å²) >= 11 is 5.89. The number of rotatable bonds is 5. The van der Waals surface area contributed by atoms with Crippen LogP contribution in [0.25, 0.3) is 11.3 Å². The summed E-state index contributed by atoms with van der Waals surface area (Å²) in [5, 5.41) is 9.81. The van der Waals surface area contributed by atoms with Crippen molar-refractivity contribution in [2.24, 2.45) is 11.3 Å². The number of nitrogens with zero attached hydrogens (tertiary/aromatic N) is 2. The van der Waals surface area contributed by atoms with Crippen LogP contribution in [0.3, 0.4) is 0 Å². The molecule has 2 heterocycles. The standard InChI is InChI=1S/C20H21ClN2O4/c21-14-3-1-13(2-4-14)16-12-22-17(27-16)5-6-18(24)23-9-7-20(8-10-23)11-15(20)19(25)26/h1-4,12,15H,5-11H2,(H,25,26). The van der Waals surface area contributed by atoms with Gasteiger partial charge in [-0.2, -0.15) is 0 Å². The van der Waals surface area contributed by atoms with E-state index in [4.69, 9.17) is 21.1 Å². The first-order valence-electron chi connectivity index (χ1n) is 9.18. The summed E-state index contributed by atoms with van der Waals surface area (Å²) < 4.78 is 5.74. The zero-order valence-electron chi connectivity index (χ0n) is 14.9. The van der Waals surface area contributed by atoms with Gasteiger partial charge in [-0.05, 0) is 48.9 Å². The van der Waals surface area contributed by atoms with Gasteiger partial charge in [-0.3, -0.25) is 9.59 Å². The number of aliphatic carboxylic acids is 1. The van der Waals surface area contributed by atoms with Crippen LogP contribution < -0.4 is 0 Å². The van der Waals surface area contributed by atoms with Gasteiger partial charge in [0.2, 0.25) is 5.91 Å². The van der Waals surface area contributed by atoms with Crippen LogP contribution in [0.15, 0.2) is 34.9 Å². The Morgan fingerprint density at radius 3 is 2.59 bits per heavy atom. The molecule has 1 amide bonds. The third kappa shape index (κ3) is 3.72. The second kappa shape index (κ2) is 7.00. The summed E-state index contributed by atoms with van der Waals surface area (Å²) in [5.41, 5.74) is 0.835. The maximum absolute atomic E-state index is 12.5. The minimum Gasteiger partial charge on any atom is -0.481 e. The Hall–Kier alpha value is -2.34. The SMILES string of the molecule is O=C(O)C1CC12CCN(C(=O)CCc1ncc(-c3ccc(Cl)cc3)o1)CC2. The largest absolute Gasteiger partial charge is 0.481 e. The average molecular weight is 389 g/mol. The normalized spacial score (nSPS) is 20.6. The minimum atomic E-state index is -0.699. The van der Waals surface area contributed by atoms with Crippen LogP contribution in [0.5, 0.6) is 0 Å². The number of carboxylic acids is 1. The van der Waals surface area contributed by atoms with Crippen molar-refractivity contribution in [1.82, 2.24) is 9.88 Å². The first-order valence-corrected chi connectivity index (χ1v) is 9.56. The molecule has 27 heavy (non-hydrogen) atoms. The highest BCUT2D eigenvalue weighted by atomic mass is 35.5. The number of halogens is 1. The van der Waals surface area contributed by atoms with E-state index >= 15 is 0 Å². The molecular formula is C20H21ClN2O4. The van der Waals surface area contributed by atoms with Crippen molar-refractivity contribution in [3.63, 3.8) is 0 Å². The summed E-state index contributed by atoms with van der Waals surface area (Å²) in [6.07, 6.45) is 4.79. The van der Waals surface area contributed by atoms with E-state index in [1.807, 2.05) is 17.0 Å². The van der Waals surface area contributed by atoms with E-state index in [1.54, 1.807) is 18.3 Å². The fraction of sp³-hybridized carbons (Fsp3) is 0.450. The molecule has 0 radical (unpaired) electrons. The molecule has 0 bridgehead atoms. The van der Waals surface area contributed by atoms with Crippen LogP contribution in [0.2, 0.25) is 5.02 Å². The van der Waals surface area contributed by atoms with Gasteiger partial charge in [-0.25, -0.2) is 4.98 Å². The topological polar surface area (TPSA) is 83.6 Å². The predicted octanol–water partition coefficient (Wildman–Crippen LogP) is 3.64. The Bertz CT molecular complexity index is 853. The van der Waals surface area contributed by atoms with Gasteiger partial charge in [0, 0.05) is 36.5 Å². The number of benzene rings is 1. The lowest BCUT2D eigenvalue weighted by molar-refractivity contribution is -0.139. The molecule has 4 rings (SSSR count). The van der Waals surface area contributed by atoms with Crippen molar-refractivity contribution >= 4 is 23.5 Å². The maximum Gasteiger partial charge on any atom is 0.307 e. The van der Waals surface area contributed by atoms with E-state index in [9.17, 15) is 9.59 Å². The molecule has 1 spiro atoms. The third-order valence-corrected chi connectivity index (χ3v) is 6.09. The molecule has 2 fully saturated rings. The summed E-state index contributed by atoms with van der Waals surface area (Å²) in [6, 6.07) is 7.31. The fourth-order valence-electron chi connectivity index (χ4n) is 4.00. The van der Waals surface area contributed by atoms with Gasteiger partial charge in [0.1, 0.15) is 0 Å². The van der Waals surface area contributed by atoms with Crippen molar-refractivity contribution in [3.8, 4) is 11.3 Å². The van der Waals surface area contributed by atoms with E-state index < -0.39 is 5.97 Å². The number of carbonyl (C=O) groups excluding carboxylic acids is 1. The van der Waals surface area contributed by atoms with Crippen molar-refractivity contribution in [2.75, 3.05) is 13.1 Å². The van der Waals surface area contributed by atoms with Gasteiger partial charge < -0.3 is 14.4 Å². The number of hydrogen-bond donors (Lipinski definition) is 1. The molecule has 1 atom stereocenters. The number of carboxylic acid groups (broad SMARTS) is 1. The molecule has 2 aromatic rings. The maximum atomic E-state index is 12.5. The molecule has 1 saturated heterocycles. The fourth-order valence-corrected chi connectivity index (χ4v) is 4.12. The van der Waals surface area contributed by atoms with Crippen LogP contribution in [-0.4, -0.2) is 40.0 Å². The lowest BCUT2D eigenvalue weighted by Crippen LogP contribution is -2.40. The number of aryl methyl sites for hydroxylation is 1.